The summed E-state index contributed by atoms with van der Waals surface area (Å²) in [5, 5.41) is 8.85. The van der Waals surface area contributed by atoms with Crippen molar-refractivity contribution in [2.75, 3.05) is 5.88 Å². The third-order valence-electron chi connectivity index (χ3n) is 2.77. The fourth-order valence-corrected chi connectivity index (χ4v) is 1.84. The Kier molecular flexibility index (Phi) is 5.71. The lowest BCUT2D eigenvalue weighted by Crippen LogP contribution is -1.95. The number of rotatable bonds is 4. The van der Waals surface area contributed by atoms with Crippen LogP contribution < -0.4 is 4.74 Å². The van der Waals surface area contributed by atoms with Crippen LogP contribution in [0.15, 0.2) is 48.5 Å². The lowest BCUT2D eigenvalue weighted by Gasteiger charge is -2.06. The quantitative estimate of drug-likeness (QED) is 0.628. The first-order chi connectivity index (χ1) is 10.3. The molecule has 2 aromatic carbocycles. The van der Waals surface area contributed by atoms with E-state index in [2.05, 4.69) is 17.9 Å². The van der Waals surface area contributed by atoms with Crippen LogP contribution in [0.3, 0.4) is 0 Å². The normalized spacial score (nSPS) is 9.33. The number of alkyl halides is 1. The SMILES string of the molecule is N#Cc1cccc(COc2ccc(C#CCCCl)cc2)c1. The van der Waals surface area contributed by atoms with E-state index in [1.54, 1.807) is 6.07 Å². The number of benzene rings is 2. The van der Waals surface area contributed by atoms with E-state index >= 15 is 0 Å². The van der Waals surface area contributed by atoms with Gasteiger partial charge in [-0.2, -0.15) is 5.26 Å². The van der Waals surface area contributed by atoms with Gasteiger partial charge in [0.1, 0.15) is 12.4 Å². The van der Waals surface area contributed by atoms with Crippen molar-refractivity contribution in [3.8, 4) is 23.7 Å². The van der Waals surface area contributed by atoms with Crippen molar-refractivity contribution in [2.24, 2.45) is 0 Å². The topological polar surface area (TPSA) is 33.0 Å². The predicted molar refractivity (Wildman–Crippen MR) is 84.1 cm³/mol. The van der Waals surface area contributed by atoms with Crippen molar-refractivity contribution in [1.82, 2.24) is 0 Å². The van der Waals surface area contributed by atoms with Crippen LogP contribution in [-0.2, 0) is 6.61 Å². The standard InChI is InChI=1S/C18H14ClNO/c19-11-2-1-4-15-7-9-18(10-8-15)21-14-17-6-3-5-16(12-17)13-20/h3,5-10,12H,2,11,14H2. The maximum atomic E-state index is 8.85. The van der Waals surface area contributed by atoms with E-state index in [0.29, 0.717) is 24.5 Å². The van der Waals surface area contributed by atoms with Crippen LogP contribution in [0.2, 0.25) is 0 Å². The minimum atomic E-state index is 0.437. The summed E-state index contributed by atoms with van der Waals surface area (Å²) in [6.45, 7) is 0.437. The minimum absolute atomic E-state index is 0.437. The Morgan fingerprint density at radius 2 is 1.86 bits per heavy atom. The molecule has 21 heavy (non-hydrogen) atoms. The van der Waals surface area contributed by atoms with Gasteiger partial charge < -0.3 is 4.74 Å². The van der Waals surface area contributed by atoms with Crippen LogP contribution in [0.1, 0.15) is 23.1 Å². The highest BCUT2D eigenvalue weighted by molar-refractivity contribution is 6.18. The van der Waals surface area contributed by atoms with E-state index in [0.717, 1.165) is 16.9 Å². The Bertz CT molecular complexity index is 690. The molecular formula is C18H14ClNO. The van der Waals surface area contributed by atoms with Gasteiger partial charge in [-0.3, -0.25) is 0 Å². The first-order valence-electron chi connectivity index (χ1n) is 6.58. The molecule has 2 aromatic rings. The highest BCUT2D eigenvalue weighted by atomic mass is 35.5. The van der Waals surface area contributed by atoms with E-state index < -0.39 is 0 Å². The van der Waals surface area contributed by atoms with Crippen molar-refractivity contribution in [2.45, 2.75) is 13.0 Å². The lowest BCUT2D eigenvalue weighted by atomic mass is 10.1. The van der Waals surface area contributed by atoms with Crippen LogP contribution in [0.4, 0.5) is 0 Å². The third kappa shape index (κ3) is 4.88. The Morgan fingerprint density at radius 1 is 1.05 bits per heavy atom. The minimum Gasteiger partial charge on any atom is -0.489 e. The van der Waals surface area contributed by atoms with Crippen molar-refractivity contribution in [1.29, 1.82) is 5.26 Å². The summed E-state index contributed by atoms with van der Waals surface area (Å²) in [5.74, 6) is 7.35. The van der Waals surface area contributed by atoms with Gasteiger partial charge in [0.05, 0.1) is 11.6 Å². The molecule has 0 spiro atoms. The maximum Gasteiger partial charge on any atom is 0.119 e. The molecule has 0 aromatic heterocycles. The number of hydrogen-bond acceptors (Lipinski definition) is 2. The molecule has 0 N–H and O–H groups in total. The summed E-state index contributed by atoms with van der Waals surface area (Å²) in [6.07, 6.45) is 0.690. The van der Waals surface area contributed by atoms with Crippen LogP contribution in [-0.4, -0.2) is 5.88 Å². The maximum absolute atomic E-state index is 8.85. The highest BCUT2D eigenvalue weighted by Crippen LogP contribution is 2.14. The van der Waals surface area contributed by atoms with Gasteiger partial charge in [-0.15, -0.1) is 11.6 Å². The molecule has 0 saturated carbocycles. The number of ether oxygens (including phenoxy) is 1. The molecule has 0 saturated heterocycles. The van der Waals surface area contributed by atoms with Gasteiger partial charge in [0.2, 0.25) is 0 Å². The Morgan fingerprint density at radius 3 is 2.57 bits per heavy atom. The van der Waals surface area contributed by atoms with Crippen LogP contribution in [0.5, 0.6) is 5.75 Å². The van der Waals surface area contributed by atoms with E-state index in [1.165, 1.54) is 0 Å². The van der Waals surface area contributed by atoms with Gasteiger partial charge in [-0.05, 0) is 42.0 Å². The van der Waals surface area contributed by atoms with E-state index in [1.807, 2.05) is 42.5 Å². The van der Waals surface area contributed by atoms with Crippen LogP contribution in [0.25, 0.3) is 0 Å². The number of hydrogen-bond donors (Lipinski definition) is 0. The molecule has 0 radical (unpaired) electrons. The predicted octanol–water partition coefficient (Wildman–Crippen LogP) is 4.12. The fourth-order valence-electron chi connectivity index (χ4n) is 1.74. The largest absolute Gasteiger partial charge is 0.489 e. The number of nitriles is 1. The molecule has 104 valence electrons. The lowest BCUT2D eigenvalue weighted by molar-refractivity contribution is 0.306. The summed E-state index contributed by atoms with van der Waals surface area (Å²) in [7, 11) is 0. The molecule has 2 rings (SSSR count). The zero-order valence-electron chi connectivity index (χ0n) is 11.5. The molecule has 3 heteroatoms. The second-order valence-electron chi connectivity index (χ2n) is 4.37. The van der Waals surface area contributed by atoms with Crippen molar-refractivity contribution in [3.63, 3.8) is 0 Å². The van der Waals surface area contributed by atoms with Gasteiger partial charge in [0, 0.05) is 17.9 Å². The molecule has 0 aliphatic carbocycles. The average molecular weight is 296 g/mol. The van der Waals surface area contributed by atoms with Gasteiger partial charge in [0.15, 0.2) is 0 Å². The number of nitrogens with zero attached hydrogens (tertiary/aromatic N) is 1. The van der Waals surface area contributed by atoms with E-state index in [-0.39, 0.29) is 0 Å². The van der Waals surface area contributed by atoms with Crippen molar-refractivity contribution >= 4 is 11.6 Å². The monoisotopic (exact) mass is 295 g/mol. The first kappa shape index (κ1) is 15.0. The number of halogens is 1. The van der Waals surface area contributed by atoms with Crippen LogP contribution in [0, 0.1) is 23.2 Å². The summed E-state index contributed by atoms with van der Waals surface area (Å²) in [5.41, 5.74) is 2.56. The van der Waals surface area contributed by atoms with E-state index in [9.17, 15) is 0 Å². The summed E-state index contributed by atoms with van der Waals surface area (Å²) in [6, 6.07) is 17.1. The average Bonchev–Trinajstić information content (AvgIpc) is 2.54. The fraction of sp³-hybridized carbons (Fsp3) is 0.167. The Balaban J connectivity index is 1.95. The van der Waals surface area contributed by atoms with Gasteiger partial charge in [-0.1, -0.05) is 24.0 Å². The Hall–Kier alpha value is -2.42. The molecule has 0 heterocycles. The summed E-state index contributed by atoms with van der Waals surface area (Å²) < 4.78 is 5.69. The second-order valence-corrected chi connectivity index (χ2v) is 4.74. The molecule has 0 aliphatic rings. The molecule has 0 amide bonds. The first-order valence-corrected chi connectivity index (χ1v) is 7.12. The van der Waals surface area contributed by atoms with Gasteiger partial charge >= 0.3 is 0 Å². The Labute approximate surface area is 129 Å². The van der Waals surface area contributed by atoms with Crippen molar-refractivity contribution < 1.29 is 4.74 Å². The molecular weight excluding hydrogens is 282 g/mol. The van der Waals surface area contributed by atoms with Gasteiger partial charge in [0.25, 0.3) is 0 Å². The van der Waals surface area contributed by atoms with Crippen molar-refractivity contribution in [3.05, 3.63) is 65.2 Å². The summed E-state index contributed by atoms with van der Waals surface area (Å²) in [4.78, 5) is 0. The van der Waals surface area contributed by atoms with Gasteiger partial charge in [-0.25, -0.2) is 0 Å². The molecule has 0 unspecified atom stereocenters. The zero-order valence-corrected chi connectivity index (χ0v) is 12.2. The molecule has 0 aliphatic heterocycles. The molecule has 0 atom stereocenters. The van der Waals surface area contributed by atoms with E-state index in [4.69, 9.17) is 21.6 Å². The second kappa shape index (κ2) is 8.00. The molecule has 0 bridgehead atoms. The smallest absolute Gasteiger partial charge is 0.119 e. The zero-order chi connectivity index (χ0) is 14.9. The summed E-state index contributed by atoms with van der Waals surface area (Å²) >= 11 is 5.57. The third-order valence-corrected chi connectivity index (χ3v) is 2.96. The van der Waals surface area contributed by atoms with Crippen LogP contribution >= 0.6 is 11.6 Å². The molecule has 0 fully saturated rings. The highest BCUT2D eigenvalue weighted by Gasteiger charge is 1.98. The molecule has 2 nitrogen and oxygen atoms in total.